The van der Waals surface area contributed by atoms with Crippen LogP contribution < -0.4 is 0 Å². The van der Waals surface area contributed by atoms with Crippen LogP contribution >= 0.6 is 0 Å². The molecule has 3 nitrogen and oxygen atoms in total. The number of carbonyl (C=O) groups excluding carboxylic acids is 1. The van der Waals surface area contributed by atoms with Crippen molar-refractivity contribution in [1.29, 1.82) is 0 Å². The fourth-order valence-corrected chi connectivity index (χ4v) is 0.406. The van der Waals surface area contributed by atoms with E-state index in [2.05, 4.69) is 11.3 Å². The first-order valence-electron chi connectivity index (χ1n) is 3.42. The molecule has 0 heterocycles. The largest absolute Gasteiger partial charge is 0.509 e. The first-order chi connectivity index (χ1) is 4.95. The fraction of sp³-hybridized carbons (Fsp3) is 0.625. The van der Waals surface area contributed by atoms with Crippen molar-refractivity contribution >= 4 is 6.16 Å². The van der Waals surface area contributed by atoms with E-state index < -0.39 is 11.8 Å². The van der Waals surface area contributed by atoms with Gasteiger partial charge < -0.3 is 9.47 Å². The smallest absolute Gasteiger partial charge is 0.430 e. The second-order valence-electron chi connectivity index (χ2n) is 3.06. The van der Waals surface area contributed by atoms with E-state index in [-0.39, 0.29) is 6.61 Å². The number of hydrogen-bond donors (Lipinski definition) is 0. The lowest BCUT2D eigenvalue weighted by molar-refractivity contribution is -0.00238. The van der Waals surface area contributed by atoms with Gasteiger partial charge in [0.05, 0.1) is 0 Å². The Morgan fingerprint density at radius 2 is 2.09 bits per heavy atom. The van der Waals surface area contributed by atoms with E-state index in [0.29, 0.717) is 0 Å². The summed E-state index contributed by atoms with van der Waals surface area (Å²) >= 11 is 0. The number of hydrogen-bond acceptors (Lipinski definition) is 3. The molecule has 0 radical (unpaired) electrons. The summed E-state index contributed by atoms with van der Waals surface area (Å²) in [5.41, 5.74) is -0.488. The van der Waals surface area contributed by atoms with Gasteiger partial charge in [0.25, 0.3) is 0 Å². The lowest BCUT2D eigenvalue weighted by atomic mass is 10.2. The molecule has 3 heteroatoms. The Labute approximate surface area is 67.0 Å². The van der Waals surface area contributed by atoms with E-state index in [4.69, 9.17) is 4.74 Å². The Morgan fingerprint density at radius 1 is 1.55 bits per heavy atom. The highest BCUT2D eigenvalue weighted by Gasteiger charge is 2.16. The first kappa shape index (κ1) is 10.0. The molecule has 0 unspecified atom stereocenters. The Balaban J connectivity index is 3.61. The van der Waals surface area contributed by atoms with Crippen molar-refractivity contribution in [1.82, 2.24) is 0 Å². The third-order valence-corrected chi connectivity index (χ3v) is 0.709. The third kappa shape index (κ3) is 6.90. The molecule has 0 aromatic rings. The molecule has 0 aliphatic carbocycles. The van der Waals surface area contributed by atoms with Crippen LogP contribution in [0.15, 0.2) is 12.7 Å². The second kappa shape index (κ2) is 4.01. The average Bonchev–Trinajstić information content (AvgIpc) is 1.79. The van der Waals surface area contributed by atoms with Crippen LogP contribution in [0.2, 0.25) is 0 Å². The molecule has 0 aliphatic heterocycles. The van der Waals surface area contributed by atoms with Crippen molar-refractivity contribution < 1.29 is 14.3 Å². The van der Waals surface area contributed by atoms with Crippen molar-refractivity contribution in [3.05, 3.63) is 12.7 Å². The maximum Gasteiger partial charge on any atom is 0.509 e. The van der Waals surface area contributed by atoms with Crippen molar-refractivity contribution in [2.24, 2.45) is 0 Å². The highest BCUT2D eigenvalue weighted by atomic mass is 16.7. The average molecular weight is 158 g/mol. The summed E-state index contributed by atoms with van der Waals surface area (Å²) in [4.78, 5) is 10.7. The lowest BCUT2D eigenvalue weighted by Crippen LogP contribution is -2.24. The normalized spacial score (nSPS) is 10.5. The summed E-state index contributed by atoms with van der Waals surface area (Å²) in [5.74, 6) is 0. The van der Waals surface area contributed by atoms with E-state index in [1.54, 1.807) is 20.8 Å². The second-order valence-corrected chi connectivity index (χ2v) is 3.06. The standard InChI is InChI=1S/C8H14O3/c1-5-6-10-7(9)11-8(2,3)4/h5H,1,6H2,2-4H3. The molecule has 0 aromatic carbocycles. The molecular weight excluding hydrogens is 144 g/mol. The Hall–Kier alpha value is -0.990. The van der Waals surface area contributed by atoms with Crippen LogP contribution in [0.1, 0.15) is 20.8 Å². The summed E-state index contributed by atoms with van der Waals surface area (Å²) in [6, 6.07) is 0. The van der Waals surface area contributed by atoms with Crippen molar-refractivity contribution in [2.75, 3.05) is 6.61 Å². The minimum absolute atomic E-state index is 0.189. The number of rotatable bonds is 2. The van der Waals surface area contributed by atoms with Crippen LogP contribution in [0.3, 0.4) is 0 Å². The molecule has 0 fully saturated rings. The van der Waals surface area contributed by atoms with E-state index in [0.717, 1.165) is 0 Å². The zero-order chi connectivity index (χ0) is 8.91. The van der Waals surface area contributed by atoms with E-state index in [9.17, 15) is 4.79 Å². The van der Waals surface area contributed by atoms with Gasteiger partial charge in [-0.2, -0.15) is 0 Å². The van der Waals surface area contributed by atoms with Crippen LogP contribution in [0, 0.1) is 0 Å². The Kier molecular flexibility index (Phi) is 3.65. The quantitative estimate of drug-likeness (QED) is 0.456. The highest BCUT2D eigenvalue weighted by molar-refractivity contribution is 5.60. The first-order valence-corrected chi connectivity index (χ1v) is 3.42. The molecule has 64 valence electrons. The van der Waals surface area contributed by atoms with Gasteiger partial charge in [-0.15, -0.1) is 0 Å². The van der Waals surface area contributed by atoms with Gasteiger partial charge in [0.15, 0.2) is 0 Å². The zero-order valence-corrected chi connectivity index (χ0v) is 7.22. The summed E-state index contributed by atoms with van der Waals surface area (Å²) in [6.45, 7) is 8.93. The van der Waals surface area contributed by atoms with Crippen molar-refractivity contribution in [2.45, 2.75) is 26.4 Å². The third-order valence-electron chi connectivity index (χ3n) is 0.709. The summed E-state index contributed by atoms with van der Waals surface area (Å²) in [7, 11) is 0. The van der Waals surface area contributed by atoms with Crippen LogP contribution in [-0.4, -0.2) is 18.4 Å². The molecule has 0 spiro atoms. The fourth-order valence-electron chi connectivity index (χ4n) is 0.406. The van der Waals surface area contributed by atoms with Crippen LogP contribution in [-0.2, 0) is 9.47 Å². The zero-order valence-electron chi connectivity index (χ0n) is 7.22. The molecule has 0 bridgehead atoms. The van der Waals surface area contributed by atoms with Gasteiger partial charge in [-0.05, 0) is 20.8 Å². The van der Waals surface area contributed by atoms with Crippen LogP contribution in [0.5, 0.6) is 0 Å². The Morgan fingerprint density at radius 3 is 2.45 bits per heavy atom. The van der Waals surface area contributed by atoms with Crippen molar-refractivity contribution in [3.8, 4) is 0 Å². The van der Waals surface area contributed by atoms with Crippen molar-refractivity contribution in [3.63, 3.8) is 0 Å². The van der Waals surface area contributed by atoms with Gasteiger partial charge in [-0.3, -0.25) is 0 Å². The van der Waals surface area contributed by atoms with Gasteiger partial charge in [0.2, 0.25) is 0 Å². The van der Waals surface area contributed by atoms with Gasteiger partial charge in [-0.1, -0.05) is 12.7 Å². The molecule has 0 aromatic heterocycles. The summed E-state index contributed by atoms with van der Waals surface area (Å²) in [5, 5.41) is 0. The van der Waals surface area contributed by atoms with E-state index >= 15 is 0 Å². The molecule has 0 atom stereocenters. The van der Waals surface area contributed by atoms with E-state index in [1.165, 1.54) is 6.08 Å². The van der Waals surface area contributed by atoms with Crippen LogP contribution in [0.4, 0.5) is 4.79 Å². The molecule has 0 saturated carbocycles. The molecule has 0 saturated heterocycles. The summed E-state index contributed by atoms with van der Waals surface area (Å²) in [6.07, 6.45) is 0.835. The molecule has 11 heavy (non-hydrogen) atoms. The molecule has 0 rings (SSSR count). The number of ether oxygens (including phenoxy) is 2. The minimum Gasteiger partial charge on any atom is -0.430 e. The van der Waals surface area contributed by atoms with Gasteiger partial charge in [0.1, 0.15) is 12.2 Å². The maximum atomic E-state index is 10.7. The molecule has 0 amide bonds. The Bertz CT molecular complexity index is 144. The topological polar surface area (TPSA) is 35.5 Å². The lowest BCUT2D eigenvalue weighted by Gasteiger charge is -2.18. The molecule has 0 aliphatic rings. The van der Waals surface area contributed by atoms with Gasteiger partial charge in [-0.25, -0.2) is 4.79 Å². The number of carbonyl (C=O) groups is 1. The van der Waals surface area contributed by atoms with Gasteiger partial charge in [0, 0.05) is 0 Å². The highest BCUT2D eigenvalue weighted by Crippen LogP contribution is 2.07. The monoisotopic (exact) mass is 158 g/mol. The minimum atomic E-state index is -0.655. The predicted octanol–water partition coefficient (Wildman–Crippen LogP) is 2.12. The predicted molar refractivity (Wildman–Crippen MR) is 42.4 cm³/mol. The molecular formula is C8H14O3. The SMILES string of the molecule is C=CCOC(=O)OC(C)(C)C. The van der Waals surface area contributed by atoms with Crippen LogP contribution in [0.25, 0.3) is 0 Å². The van der Waals surface area contributed by atoms with Gasteiger partial charge >= 0.3 is 6.16 Å². The van der Waals surface area contributed by atoms with E-state index in [1.807, 2.05) is 0 Å². The maximum absolute atomic E-state index is 10.7. The molecule has 0 N–H and O–H groups in total. The summed E-state index contributed by atoms with van der Waals surface area (Å²) < 4.78 is 9.42.